The summed E-state index contributed by atoms with van der Waals surface area (Å²) in [6, 6.07) is 1.67. The molecule has 2 aliphatic rings. The van der Waals surface area contributed by atoms with Crippen molar-refractivity contribution >= 4 is 0 Å². The summed E-state index contributed by atoms with van der Waals surface area (Å²) in [6.07, 6.45) is 7.15. The van der Waals surface area contributed by atoms with Crippen LogP contribution in [0.3, 0.4) is 0 Å². The first-order valence-corrected chi connectivity index (χ1v) is 9.48. The van der Waals surface area contributed by atoms with Crippen LogP contribution >= 0.6 is 0 Å². The van der Waals surface area contributed by atoms with E-state index < -0.39 is 0 Å². The van der Waals surface area contributed by atoms with Crippen LogP contribution in [-0.2, 0) is 0 Å². The van der Waals surface area contributed by atoms with Gasteiger partial charge in [0.05, 0.1) is 0 Å². The first-order chi connectivity index (χ1) is 10.0. The zero-order chi connectivity index (χ0) is 15.4. The molecule has 0 radical (unpaired) electrons. The largest absolute Gasteiger partial charge is 0.314 e. The lowest BCUT2D eigenvalue weighted by Gasteiger charge is -2.41. The lowest BCUT2D eigenvalue weighted by molar-refractivity contribution is 0.111. The summed E-state index contributed by atoms with van der Waals surface area (Å²) in [7, 11) is 0. The second kappa shape index (κ2) is 7.97. The van der Waals surface area contributed by atoms with Gasteiger partial charge in [0.25, 0.3) is 0 Å². The van der Waals surface area contributed by atoms with Gasteiger partial charge in [-0.1, -0.05) is 34.6 Å². The average Bonchev–Trinajstić information content (AvgIpc) is 3.23. The van der Waals surface area contributed by atoms with Crippen molar-refractivity contribution < 1.29 is 0 Å². The van der Waals surface area contributed by atoms with Crippen molar-refractivity contribution in [2.75, 3.05) is 19.6 Å². The summed E-state index contributed by atoms with van der Waals surface area (Å²) >= 11 is 0. The third kappa shape index (κ3) is 5.25. The third-order valence-electron chi connectivity index (χ3n) is 5.56. The minimum Gasteiger partial charge on any atom is -0.314 e. The lowest BCUT2D eigenvalue weighted by atomic mass is 9.73. The van der Waals surface area contributed by atoms with Crippen LogP contribution in [0, 0.1) is 23.7 Å². The van der Waals surface area contributed by atoms with E-state index in [9.17, 15) is 0 Å². The highest BCUT2D eigenvalue weighted by Crippen LogP contribution is 2.36. The van der Waals surface area contributed by atoms with E-state index in [-0.39, 0.29) is 0 Å². The average molecular weight is 295 g/mol. The fraction of sp³-hybridized carbons (Fsp3) is 1.00. The predicted octanol–water partition coefficient (Wildman–Crippen LogP) is 4.16. The van der Waals surface area contributed by atoms with E-state index in [1.54, 1.807) is 0 Å². The Kier molecular flexibility index (Phi) is 6.55. The normalized spacial score (nSPS) is 30.6. The maximum Gasteiger partial charge on any atom is 0.0108 e. The van der Waals surface area contributed by atoms with Crippen LogP contribution in [0.4, 0.5) is 0 Å². The summed E-state index contributed by atoms with van der Waals surface area (Å²) < 4.78 is 0. The van der Waals surface area contributed by atoms with Crippen LogP contribution in [0.1, 0.15) is 66.7 Å². The molecule has 0 saturated heterocycles. The Balaban J connectivity index is 1.96. The molecule has 2 saturated carbocycles. The van der Waals surface area contributed by atoms with Crippen molar-refractivity contribution in [2.45, 2.75) is 78.8 Å². The van der Waals surface area contributed by atoms with Gasteiger partial charge in [-0.15, -0.1) is 0 Å². The van der Waals surface area contributed by atoms with E-state index in [1.165, 1.54) is 45.2 Å². The summed E-state index contributed by atoms with van der Waals surface area (Å²) in [5, 5.41) is 3.79. The topological polar surface area (TPSA) is 15.3 Å². The second-order valence-electron chi connectivity index (χ2n) is 8.32. The van der Waals surface area contributed by atoms with Crippen molar-refractivity contribution in [1.82, 2.24) is 10.2 Å². The maximum absolute atomic E-state index is 3.79. The molecular weight excluding hydrogens is 256 g/mol. The number of nitrogens with one attached hydrogen (secondary N) is 1. The quantitative estimate of drug-likeness (QED) is 0.723. The van der Waals surface area contributed by atoms with Gasteiger partial charge >= 0.3 is 0 Å². The monoisotopic (exact) mass is 294 g/mol. The van der Waals surface area contributed by atoms with Gasteiger partial charge in [0.15, 0.2) is 0 Å². The third-order valence-corrected chi connectivity index (χ3v) is 5.56. The molecule has 0 aromatic heterocycles. The van der Waals surface area contributed by atoms with E-state index in [0.717, 1.165) is 42.3 Å². The molecule has 0 aromatic rings. The van der Waals surface area contributed by atoms with Crippen LogP contribution in [0.2, 0.25) is 0 Å². The summed E-state index contributed by atoms with van der Waals surface area (Å²) in [6.45, 7) is 15.6. The molecule has 0 bridgehead atoms. The van der Waals surface area contributed by atoms with Crippen molar-refractivity contribution in [2.24, 2.45) is 23.7 Å². The molecule has 1 N–H and O–H groups in total. The molecule has 124 valence electrons. The van der Waals surface area contributed by atoms with Gasteiger partial charge in [-0.3, -0.25) is 4.90 Å². The Bertz CT molecular complexity index is 296. The van der Waals surface area contributed by atoms with Crippen LogP contribution in [0.5, 0.6) is 0 Å². The fourth-order valence-corrected chi connectivity index (χ4v) is 4.22. The number of hydrogen-bond acceptors (Lipinski definition) is 2. The fourth-order valence-electron chi connectivity index (χ4n) is 4.22. The summed E-state index contributed by atoms with van der Waals surface area (Å²) in [5.74, 6) is 3.47. The molecule has 2 nitrogen and oxygen atoms in total. The van der Waals surface area contributed by atoms with E-state index in [2.05, 4.69) is 44.8 Å². The minimum atomic E-state index is 0.762. The molecule has 0 aromatic carbocycles. The number of nitrogens with zero attached hydrogens (tertiary/aromatic N) is 1. The molecule has 0 spiro atoms. The SMILES string of the molecule is CCNC1CCC(C(C)C)CC1CN(CC(C)C)C1CC1. The Morgan fingerprint density at radius 1 is 1.05 bits per heavy atom. The zero-order valence-electron chi connectivity index (χ0n) is 15.1. The van der Waals surface area contributed by atoms with Crippen LogP contribution in [0.15, 0.2) is 0 Å². The Hall–Kier alpha value is -0.0800. The number of hydrogen-bond donors (Lipinski definition) is 1. The maximum atomic E-state index is 3.79. The van der Waals surface area contributed by atoms with E-state index >= 15 is 0 Å². The molecule has 2 heteroatoms. The van der Waals surface area contributed by atoms with Crippen molar-refractivity contribution in [1.29, 1.82) is 0 Å². The van der Waals surface area contributed by atoms with Gasteiger partial charge in [-0.2, -0.15) is 0 Å². The molecule has 2 rings (SSSR count). The molecule has 0 heterocycles. The molecule has 2 fully saturated rings. The first-order valence-electron chi connectivity index (χ1n) is 9.48. The highest BCUT2D eigenvalue weighted by molar-refractivity contribution is 4.91. The van der Waals surface area contributed by atoms with Gasteiger partial charge < -0.3 is 5.32 Å². The van der Waals surface area contributed by atoms with Gasteiger partial charge in [-0.25, -0.2) is 0 Å². The lowest BCUT2D eigenvalue weighted by Crippen LogP contribution is -2.47. The molecule has 2 aliphatic carbocycles. The highest BCUT2D eigenvalue weighted by Gasteiger charge is 2.36. The van der Waals surface area contributed by atoms with Gasteiger partial charge in [0, 0.05) is 25.2 Å². The molecule has 0 aliphatic heterocycles. The van der Waals surface area contributed by atoms with Crippen LogP contribution in [0.25, 0.3) is 0 Å². The minimum absolute atomic E-state index is 0.762. The van der Waals surface area contributed by atoms with Crippen molar-refractivity contribution in [3.05, 3.63) is 0 Å². The Labute approximate surface area is 133 Å². The molecule has 21 heavy (non-hydrogen) atoms. The smallest absolute Gasteiger partial charge is 0.0108 e. The van der Waals surface area contributed by atoms with E-state index in [4.69, 9.17) is 0 Å². The van der Waals surface area contributed by atoms with Crippen molar-refractivity contribution in [3.8, 4) is 0 Å². The highest BCUT2D eigenvalue weighted by atomic mass is 15.2. The van der Waals surface area contributed by atoms with Gasteiger partial charge in [0.1, 0.15) is 0 Å². The zero-order valence-corrected chi connectivity index (χ0v) is 15.1. The summed E-state index contributed by atoms with van der Waals surface area (Å²) in [5.41, 5.74) is 0. The van der Waals surface area contributed by atoms with Crippen molar-refractivity contribution in [3.63, 3.8) is 0 Å². The van der Waals surface area contributed by atoms with E-state index in [0.29, 0.717) is 0 Å². The molecule has 3 atom stereocenters. The number of rotatable bonds is 8. The first kappa shape index (κ1) is 17.3. The van der Waals surface area contributed by atoms with Crippen LogP contribution in [-0.4, -0.2) is 36.6 Å². The molecule has 3 unspecified atom stereocenters. The predicted molar refractivity (Wildman–Crippen MR) is 92.6 cm³/mol. The van der Waals surface area contributed by atoms with E-state index in [1.807, 2.05) is 0 Å². The Morgan fingerprint density at radius 3 is 2.29 bits per heavy atom. The molecule has 0 amide bonds. The van der Waals surface area contributed by atoms with Gasteiger partial charge in [0.2, 0.25) is 0 Å². The summed E-state index contributed by atoms with van der Waals surface area (Å²) in [4.78, 5) is 2.82. The standard InChI is InChI=1S/C19H38N2/c1-6-20-19-10-7-16(15(4)5)11-17(19)13-21(12-14(2)3)18-8-9-18/h14-20H,6-13H2,1-5H3. The Morgan fingerprint density at radius 2 is 1.76 bits per heavy atom. The molecular formula is C19H38N2. The second-order valence-corrected chi connectivity index (χ2v) is 8.32. The van der Waals surface area contributed by atoms with Gasteiger partial charge in [-0.05, 0) is 62.3 Å². The van der Waals surface area contributed by atoms with Crippen LogP contribution < -0.4 is 5.32 Å².